The molecule has 1 atom stereocenters. The Morgan fingerprint density at radius 1 is 1.53 bits per heavy atom. The first-order chi connectivity index (χ1) is 9.04. The van der Waals surface area contributed by atoms with E-state index in [2.05, 4.69) is 5.32 Å². The third-order valence-corrected chi connectivity index (χ3v) is 3.29. The van der Waals surface area contributed by atoms with Crippen molar-refractivity contribution in [2.45, 2.75) is 26.4 Å². The second-order valence-electron chi connectivity index (χ2n) is 4.67. The van der Waals surface area contributed by atoms with Crippen LogP contribution in [0.2, 0.25) is 0 Å². The molecule has 1 aliphatic rings. The number of amides is 1. The Morgan fingerprint density at radius 2 is 2.26 bits per heavy atom. The molecule has 102 valence electrons. The summed E-state index contributed by atoms with van der Waals surface area (Å²) in [4.78, 5) is 24.1. The number of rotatable bonds is 4. The number of hydrogen-bond acceptors (Lipinski definition) is 4. The maximum absolute atomic E-state index is 11.8. The van der Waals surface area contributed by atoms with Gasteiger partial charge in [-0.2, -0.15) is 0 Å². The van der Waals surface area contributed by atoms with E-state index in [0.29, 0.717) is 12.1 Å². The summed E-state index contributed by atoms with van der Waals surface area (Å²) >= 11 is 0. The molecule has 6 nitrogen and oxygen atoms in total. The number of carbonyl (C=O) groups is 1. The van der Waals surface area contributed by atoms with Crippen molar-refractivity contribution in [3.8, 4) is 0 Å². The average Bonchev–Trinajstić information content (AvgIpc) is 2.72. The Labute approximate surface area is 111 Å². The lowest BCUT2D eigenvalue weighted by Gasteiger charge is -2.24. The molecular weight excluding hydrogens is 246 g/mol. The van der Waals surface area contributed by atoms with Crippen LogP contribution in [0.15, 0.2) is 18.2 Å². The summed E-state index contributed by atoms with van der Waals surface area (Å²) < 4.78 is 0. The molecule has 1 saturated heterocycles. The molecule has 19 heavy (non-hydrogen) atoms. The lowest BCUT2D eigenvalue weighted by atomic mass is 10.1. The van der Waals surface area contributed by atoms with Gasteiger partial charge in [0.1, 0.15) is 6.17 Å². The van der Waals surface area contributed by atoms with Crippen molar-refractivity contribution in [3.63, 3.8) is 0 Å². The summed E-state index contributed by atoms with van der Waals surface area (Å²) in [6.45, 7) is 4.64. The Kier molecular flexibility index (Phi) is 3.80. The van der Waals surface area contributed by atoms with Crippen LogP contribution in [0.25, 0.3) is 0 Å². The summed E-state index contributed by atoms with van der Waals surface area (Å²) in [5, 5.41) is 14.1. The third-order valence-electron chi connectivity index (χ3n) is 3.29. The molecule has 0 aliphatic carbocycles. The molecule has 0 radical (unpaired) electrons. The highest BCUT2D eigenvalue weighted by atomic mass is 16.6. The first-order valence-electron chi connectivity index (χ1n) is 6.32. The van der Waals surface area contributed by atoms with Crippen LogP contribution in [0.1, 0.15) is 30.6 Å². The SMILES string of the molecule is CCCN1C(=O)CNC1c1ccc(C)c([N+](=O)[O-])c1. The van der Waals surface area contributed by atoms with E-state index in [-0.39, 0.29) is 29.2 Å². The Bertz CT molecular complexity index is 516. The zero-order valence-electron chi connectivity index (χ0n) is 11.0. The highest BCUT2D eigenvalue weighted by Crippen LogP contribution is 2.27. The van der Waals surface area contributed by atoms with E-state index in [9.17, 15) is 14.9 Å². The number of aryl methyl sites for hydroxylation is 1. The van der Waals surface area contributed by atoms with Crippen LogP contribution in [-0.4, -0.2) is 28.8 Å². The predicted octanol–water partition coefficient (Wildman–Crippen LogP) is 1.74. The topological polar surface area (TPSA) is 75.5 Å². The minimum Gasteiger partial charge on any atom is -0.322 e. The van der Waals surface area contributed by atoms with Gasteiger partial charge in [0.05, 0.1) is 11.5 Å². The number of hydrogen-bond donors (Lipinski definition) is 1. The van der Waals surface area contributed by atoms with Gasteiger partial charge in [-0.05, 0) is 18.9 Å². The maximum atomic E-state index is 11.8. The van der Waals surface area contributed by atoms with Crippen molar-refractivity contribution in [1.82, 2.24) is 10.2 Å². The van der Waals surface area contributed by atoms with Crippen LogP contribution in [0, 0.1) is 17.0 Å². The standard InChI is InChI=1S/C13H17N3O3/c1-3-6-15-12(17)8-14-13(15)10-5-4-9(2)11(7-10)16(18)19/h4-5,7,13-14H,3,6,8H2,1-2H3. The smallest absolute Gasteiger partial charge is 0.272 e. The van der Waals surface area contributed by atoms with Gasteiger partial charge in [0, 0.05) is 18.2 Å². The van der Waals surface area contributed by atoms with Gasteiger partial charge in [0.15, 0.2) is 0 Å². The molecule has 1 unspecified atom stereocenters. The van der Waals surface area contributed by atoms with Crippen molar-refractivity contribution in [3.05, 3.63) is 39.4 Å². The summed E-state index contributed by atoms with van der Waals surface area (Å²) in [7, 11) is 0. The highest BCUT2D eigenvalue weighted by Gasteiger charge is 2.31. The van der Waals surface area contributed by atoms with Gasteiger partial charge >= 0.3 is 0 Å². The molecule has 1 heterocycles. The van der Waals surface area contributed by atoms with Gasteiger partial charge < -0.3 is 4.90 Å². The molecule has 1 amide bonds. The van der Waals surface area contributed by atoms with Crippen LogP contribution in [0.3, 0.4) is 0 Å². The van der Waals surface area contributed by atoms with Crippen LogP contribution in [-0.2, 0) is 4.79 Å². The van der Waals surface area contributed by atoms with Gasteiger partial charge in [-0.15, -0.1) is 0 Å². The van der Waals surface area contributed by atoms with Crippen LogP contribution in [0.4, 0.5) is 5.69 Å². The lowest BCUT2D eigenvalue weighted by Crippen LogP contribution is -2.31. The third kappa shape index (κ3) is 2.58. The molecule has 1 aromatic carbocycles. The molecule has 0 bridgehead atoms. The number of nitro groups is 1. The van der Waals surface area contributed by atoms with E-state index in [1.165, 1.54) is 0 Å². The Morgan fingerprint density at radius 3 is 2.89 bits per heavy atom. The van der Waals surface area contributed by atoms with Crippen molar-refractivity contribution in [2.24, 2.45) is 0 Å². The molecule has 1 aliphatic heterocycles. The van der Waals surface area contributed by atoms with Gasteiger partial charge in [-0.25, -0.2) is 0 Å². The van der Waals surface area contributed by atoms with Crippen molar-refractivity contribution < 1.29 is 9.72 Å². The van der Waals surface area contributed by atoms with Crippen LogP contribution >= 0.6 is 0 Å². The van der Waals surface area contributed by atoms with Gasteiger partial charge in [-0.1, -0.05) is 19.1 Å². The van der Waals surface area contributed by atoms with Gasteiger partial charge in [0.25, 0.3) is 5.69 Å². The largest absolute Gasteiger partial charge is 0.322 e. The van der Waals surface area contributed by atoms with Crippen LogP contribution in [0.5, 0.6) is 0 Å². The first kappa shape index (κ1) is 13.5. The summed E-state index contributed by atoms with van der Waals surface area (Å²) in [6.07, 6.45) is 0.601. The zero-order chi connectivity index (χ0) is 14.0. The van der Waals surface area contributed by atoms with Crippen molar-refractivity contribution in [2.75, 3.05) is 13.1 Å². The molecule has 0 saturated carbocycles. The Balaban J connectivity index is 2.33. The fourth-order valence-corrected chi connectivity index (χ4v) is 2.33. The molecule has 2 rings (SSSR count). The summed E-state index contributed by atoms with van der Waals surface area (Å²) in [5.74, 6) is 0.0371. The second-order valence-corrected chi connectivity index (χ2v) is 4.67. The number of carbonyl (C=O) groups excluding carboxylic acids is 1. The molecule has 6 heteroatoms. The molecule has 0 spiro atoms. The summed E-state index contributed by atoms with van der Waals surface area (Å²) in [6, 6.07) is 5.11. The average molecular weight is 263 g/mol. The summed E-state index contributed by atoms with van der Waals surface area (Å²) in [5.41, 5.74) is 1.48. The maximum Gasteiger partial charge on any atom is 0.272 e. The molecule has 1 aromatic rings. The lowest BCUT2D eigenvalue weighted by molar-refractivity contribution is -0.385. The van der Waals surface area contributed by atoms with Crippen molar-refractivity contribution in [1.29, 1.82) is 0 Å². The van der Waals surface area contributed by atoms with Crippen molar-refractivity contribution >= 4 is 11.6 Å². The Hall–Kier alpha value is -1.95. The predicted molar refractivity (Wildman–Crippen MR) is 70.6 cm³/mol. The minimum absolute atomic E-state index is 0.0371. The fourth-order valence-electron chi connectivity index (χ4n) is 2.33. The quantitative estimate of drug-likeness (QED) is 0.663. The van der Waals surface area contributed by atoms with Crippen LogP contribution < -0.4 is 5.32 Å². The van der Waals surface area contributed by atoms with Gasteiger partial charge in [-0.3, -0.25) is 20.2 Å². The van der Waals surface area contributed by atoms with Gasteiger partial charge in [0.2, 0.25) is 5.91 Å². The van der Waals surface area contributed by atoms with E-state index in [0.717, 1.165) is 12.0 Å². The molecular formula is C13H17N3O3. The molecule has 1 N–H and O–H groups in total. The van der Waals surface area contributed by atoms with E-state index >= 15 is 0 Å². The second kappa shape index (κ2) is 5.36. The molecule has 1 fully saturated rings. The van der Waals surface area contributed by atoms with E-state index < -0.39 is 0 Å². The first-order valence-corrected chi connectivity index (χ1v) is 6.32. The zero-order valence-corrected chi connectivity index (χ0v) is 11.0. The minimum atomic E-state index is -0.389. The number of benzene rings is 1. The fraction of sp³-hybridized carbons (Fsp3) is 0.462. The number of nitrogens with zero attached hydrogens (tertiary/aromatic N) is 2. The van der Waals surface area contributed by atoms with E-state index in [1.807, 2.05) is 13.0 Å². The molecule has 0 aromatic heterocycles. The monoisotopic (exact) mass is 263 g/mol. The number of nitrogens with one attached hydrogen (secondary N) is 1. The normalized spacial score (nSPS) is 18.9. The van der Waals surface area contributed by atoms with E-state index in [1.54, 1.807) is 24.0 Å². The highest BCUT2D eigenvalue weighted by molar-refractivity contribution is 5.81. The number of nitro benzene ring substituents is 1. The van der Waals surface area contributed by atoms with E-state index in [4.69, 9.17) is 0 Å².